The second kappa shape index (κ2) is 8.76. The van der Waals surface area contributed by atoms with Crippen LogP contribution in [-0.4, -0.2) is 79.7 Å². The zero-order chi connectivity index (χ0) is 21.7. The Balaban J connectivity index is 1.09. The molecular weight excluding hydrogens is 406 g/mol. The summed E-state index contributed by atoms with van der Waals surface area (Å²) in [6.45, 7) is 3.57. The van der Waals surface area contributed by atoms with Crippen molar-refractivity contribution in [2.75, 3.05) is 33.5 Å². The maximum atomic E-state index is 13.5. The Labute approximate surface area is 191 Å². The largest absolute Gasteiger partial charge is 0.380 e. The summed E-state index contributed by atoms with van der Waals surface area (Å²) in [5, 5.41) is 9.52. The Morgan fingerprint density at radius 3 is 2.75 bits per heavy atom. The van der Waals surface area contributed by atoms with Crippen molar-refractivity contribution in [3.05, 3.63) is 0 Å². The molecule has 32 heavy (non-hydrogen) atoms. The average Bonchev–Trinajstić information content (AvgIpc) is 3.38. The first-order chi connectivity index (χ1) is 15.6. The average molecular weight is 448 g/mol. The molecule has 4 aliphatic heterocycles. The number of fused-ring (bicyclic) bond motifs is 1. The fourth-order valence-corrected chi connectivity index (χ4v) is 6.96. The van der Waals surface area contributed by atoms with Gasteiger partial charge in [0.2, 0.25) is 5.91 Å². The van der Waals surface area contributed by atoms with E-state index in [9.17, 15) is 4.79 Å². The number of hydrogen-bond donors (Lipinski definition) is 5. The Morgan fingerprint density at radius 1 is 1.16 bits per heavy atom. The molecule has 2 aliphatic carbocycles. The van der Waals surface area contributed by atoms with Crippen molar-refractivity contribution in [1.29, 1.82) is 0 Å². The highest BCUT2D eigenvalue weighted by atomic mass is 16.5. The molecule has 1 amide bonds. The number of amides is 1. The van der Waals surface area contributed by atoms with E-state index in [2.05, 4.69) is 43.9 Å². The topological polar surface area (TPSA) is 92.9 Å². The van der Waals surface area contributed by atoms with E-state index in [0.717, 1.165) is 64.4 Å². The summed E-state index contributed by atoms with van der Waals surface area (Å²) < 4.78 is 5.76. The second-order valence-corrected chi connectivity index (χ2v) is 11.4. The highest BCUT2D eigenvalue weighted by Gasteiger charge is 2.50. The molecule has 9 heteroatoms. The van der Waals surface area contributed by atoms with Crippen molar-refractivity contribution in [1.82, 2.24) is 36.8 Å². The summed E-state index contributed by atoms with van der Waals surface area (Å²) in [6, 6.07) is 0.755. The molecule has 180 valence electrons. The Bertz CT molecular complexity index is 700. The minimum Gasteiger partial charge on any atom is -0.380 e. The number of rotatable bonds is 6. The molecule has 2 saturated carbocycles. The number of ether oxygens (including phenoxy) is 1. The lowest BCUT2D eigenvalue weighted by Gasteiger charge is -2.51. The van der Waals surface area contributed by atoms with Crippen LogP contribution in [0, 0.1) is 17.3 Å². The molecule has 0 aromatic heterocycles. The molecule has 0 aromatic rings. The summed E-state index contributed by atoms with van der Waals surface area (Å²) in [4.78, 5) is 15.8. The lowest BCUT2D eigenvalue weighted by molar-refractivity contribution is -0.166. The third kappa shape index (κ3) is 4.10. The van der Waals surface area contributed by atoms with Crippen molar-refractivity contribution < 1.29 is 9.53 Å². The minimum atomic E-state index is -0.0434. The number of nitrogens with one attached hydrogen (secondary N) is 5. The standard InChI is InChI=1S/C23H41N7O2/c1-29-14-24-28-21(29)11-23(12-32-13-23)16-3-2-4-17(9-16)26-22(31)19-10-18(15-5-6-15)27-20-7-8-25-30(19)20/h15-21,24-25,27-28H,2-14H2,1H3,(H,26,31). The van der Waals surface area contributed by atoms with Gasteiger partial charge < -0.3 is 10.1 Å². The van der Waals surface area contributed by atoms with Gasteiger partial charge >= 0.3 is 0 Å². The number of carbonyl (C=O) groups excluding carboxylic acids is 1. The maximum Gasteiger partial charge on any atom is 0.239 e. The number of hydrogen-bond acceptors (Lipinski definition) is 8. The summed E-state index contributed by atoms with van der Waals surface area (Å²) in [6.07, 6.45) is 11.1. The van der Waals surface area contributed by atoms with Crippen LogP contribution in [0.3, 0.4) is 0 Å². The van der Waals surface area contributed by atoms with Crippen LogP contribution in [0.15, 0.2) is 0 Å². The van der Waals surface area contributed by atoms with Gasteiger partial charge in [0, 0.05) is 24.0 Å². The monoisotopic (exact) mass is 447 g/mol. The van der Waals surface area contributed by atoms with Crippen molar-refractivity contribution in [3.63, 3.8) is 0 Å². The SMILES string of the molecule is CN1CNNC1CC1(C2CCCC(NC(=O)C3CC(C4CC4)NC4CCNN43)C2)COC1. The minimum absolute atomic E-state index is 0.0434. The van der Waals surface area contributed by atoms with Crippen LogP contribution >= 0.6 is 0 Å². The van der Waals surface area contributed by atoms with Gasteiger partial charge in [-0.3, -0.25) is 20.4 Å². The Morgan fingerprint density at radius 2 is 2.03 bits per heavy atom. The van der Waals surface area contributed by atoms with E-state index in [-0.39, 0.29) is 17.4 Å². The molecule has 6 atom stereocenters. The third-order valence-electron chi connectivity index (χ3n) is 9.16. The second-order valence-electron chi connectivity index (χ2n) is 11.4. The summed E-state index contributed by atoms with van der Waals surface area (Å²) in [5.41, 5.74) is 10.4. The van der Waals surface area contributed by atoms with Gasteiger partial charge in [0.1, 0.15) is 6.04 Å². The van der Waals surface area contributed by atoms with Gasteiger partial charge in [-0.25, -0.2) is 15.9 Å². The van der Waals surface area contributed by atoms with E-state index in [1.54, 1.807) is 0 Å². The van der Waals surface area contributed by atoms with Crippen molar-refractivity contribution in [3.8, 4) is 0 Å². The fraction of sp³-hybridized carbons (Fsp3) is 0.957. The predicted octanol–water partition coefficient (Wildman–Crippen LogP) is 0.0682. The Hall–Kier alpha value is -0.810. The normalized spacial score (nSPS) is 42.4. The van der Waals surface area contributed by atoms with Crippen LogP contribution in [0.25, 0.3) is 0 Å². The van der Waals surface area contributed by atoms with Crippen LogP contribution in [0.5, 0.6) is 0 Å². The van der Waals surface area contributed by atoms with Gasteiger partial charge in [0.15, 0.2) is 0 Å². The van der Waals surface area contributed by atoms with Gasteiger partial charge in [0.05, 0.1) is 32.2 Å². The maximum absolute atomic E-state index is 13.5. The van der Waals surface area contributed by atoms with Gasteiger partial charge in [-0.2, -0.15) is 0 Å². The highest BCUT2D eigenvalue weighted by Crippen LogP contribution is 2.47. The van der Waals surface area contributed by atoms with Crippen molar-refractivity contribution >= 4 is 5.91 Å². The molecule has 6 unspecified atom stereocenters. The molecule has 6 fully saturated rings. The molecule has 6 rings (SSSR count). The van der Waals surface area contributed by atoms with Crippen molar-refractivity contribution in [2.45, 2.75) is 88.2 Å². The fourth-order valence-electron chi connectivity index (χ4n) is 6.96. The van der Waals surface area contributed by atoms with E-state index >= 15 is 0 Å². The van der Waals surface area contributed by atoms with Gasteiger partial charge in [-0.15, -0.1) is 0 Å². The quantitative estimate of drug-likeness (QED) is 0.391. The first-order valence-electron chi connectivity index (χ1n) is 13.0. The predicted molar refractivity (Wildman–Crippen MR) is 121 cm³/mol. The van der Waals surface area contributed by atoms with Gasteiger partial charge in [-0.05, 0) is 70.3 Å². The van der Waals surface area contributed by atoms with E-state index in [1.807, 2.05) is 0 Å². The molecule has 0 bridgehead atoms. The van der Waals surface area contributed by atoms with E-state index < -0.39 is 0 Å². The highest BCUT2D eigenvalue weighted by molar-refractivity contribution is 5.82. The summed E-state index contributed by atoms with van der Waals surface area (Å²) in [5.74, 6) is 1.64. The molecule has 9 nitrogen and oxygen atoms in total. The van der Waals surface area contributed by atoms with Crippen LogP contribution in [0.2, 0.25) is 0 Å². The van der Waals surface area contributed by atoms with Gasteiger partial charge in [-0.1, -0.05) is 6.42 Å². The van der Waals surface area contributed by atoms with E-state index in [4.69, 9.17) is 4.74 Å². The molecular formula is C23H41N7O2. The van der Waals surface area contributed by atoms with Crippen LogP contribution in [-0.2, 0) is 9.53 Å². The first-order valence-corrected chi connectivity index (χ1v) is 13.0. The Kier molecular flexibility index (Phi) is 5.94. The number of nitrogens with zero attached hydrogens (tertiary/aromatic N) is 2. The molecule has 0 radical (unpaired) electrons. The first kappa shape index (κ1) is 21.7. The molecule has 4 saturated heterocycles. The molecule has 0 spiro atoms. The lowest BCUT2D eigenvalue weighted by atomic mass is 9.64. The summed E-state index contributed by atoms with van der Waals surface area (Å²) in [7, 11) is 2.17. The van der Waals surface area contributed by atoms with Crippen LogP contribution in [0.4, 0.5) is 0 Å². The van der Waals surface area contributed by atoms with E-state index in [0.29, 0.717) is 30.3 Å². The zero-order valence-electron chi connectivity index (χ0n) is 19.4. The molecule has 0 aromatic carbocycles. The van der Waals surface area contributed by atoms with Crippen LogP contribution < -0.4 is 26.9 Å². The zero-order valence-corrected chi connectivity index (χ0v) is 19.4. The number of carbonyl (C=O) groups is 1. The van der Waals surface area contributed by atoms with E-state index in [1.165, 1.54) is 25.7 Å². The summed E-state index contributed by atoms with van der Waals surface area (Å²) >= 11 is 0. The van der Waals surface area contributed by atoms with Crippen LogP contribution in [0.1, 0.15) is 57.8 Å². The molecule has 5 N–H and O–H groups in total. The smallest absolute Gasteiger partial charge is 0.239 e. The number of hydrazine groups is 2. The van der Waals surface area contributed by atoms with Gasteiger partial charge in [0.25, 0.3) is 0 Å². The third-order valence-corrected chi connectivity index (χ3v) is 9.16. The molecule has 6 aliphatic rings. The lowest BCUT2D eigenvalue weighted by Crippen LogP contribution is -2.65. The molecule has 4 heterocycles. The van der Waals surface area contributed by atoms with Crippen molar-refractivity contribution in [2.24, 2.45) is 17.3 Å².